The van der Waals surface area contributed by atoms with Gasteiger partial charge in [-0.2, -0.15) is 0 Å². The SMILES string of the molecule is CC(C)(C)OC(=O)N[C@H]1C[C@H](OCc2ccccc2)[C@]2(COCc3ccccc3)C[C@H]12. The van der Waals surface area contributed by atoms with Gasteiger partial charge in [0.15, 0.2) is 0 Å². The van der Waals surface area contributed by atoms with Crippen LogP contribution in [0.1, 0.15) is 44.7 Å². The van der Waals surface area contributed by atoms with Crippen molar-refractivity contribution in [1.82, 2.24) is 5.32 Å². The van der Waals surface area contributed by atoms with Gasteiger partial charge in [0, 0.05) is 11.5 Å². The summed E-state index contributed by atoms with van der Waals surface area (Å²) in [6, 6.07) is 20.5. The van der Waals surface area contributed by atoms with Crippen LogP contribution in [0.2, 0.25) is 0 Å². The maximum absolute atomic E-state index is 12.4. The maximum atomic E-state index is 12.4. The Hall–Kier alpha value is -2.37. The van der Waals surface area contributed by atoms with E-state index in [1.54, 1.807) is 0 Å². The van der Waals surface area contributed by atoms with E-state index in [0.717, 1.165) is 18.4 Å². The normalized spacial score (nSPS) is 26.9. The minimum absolute atomic E-state index is 0.0385. The number of nitrogens with one attached hydrogen (secondary N) is 1. The number of rotatable bonds is 8. The van der Waals surface area contributed by atoms with Gasteiger partial charge in [-0.25, -0.2) is 4.79 Å². The lowest BCUT2D eigenvalue weighted by Crippen LogP contribution is -2.40. The van der Waals surface area contributed by atoms with Crippen LogP contribution < -0.4 is 5.32 Å². The molecule has 2 aromatic carbocycles. The molecule has 0 saturated heterocycles. The Balaban J connectivity index is 1.39. The van der Waals surface area contributed by atoms with Crippen molar-refractivity contribution in [3.05, 3.63) is 71.8 Å². The van der Waals surface area contributed by atoms with E-state index in [0.29, 0.717) is 25.7 Å². The van der Waals surface area contributed by atoms with Crippen LogP contribution in [0.4, 0.5) is 4.79 Å². The molecule has 31 heavy (non-hydrogen) atoms. The smallest absolute Gasteiger partial charge is 0.407 e. The summed E-state index contributed by atoms with van der Waals surface area (Å²) in [4.78, 5) is 12.4. The molecule has 0 radical (unpaired) electrons. The molecular formula is C26H33NO4. The standard InChI is InChI=1S/C26H33NO4/c1-25(2,3)31-24(28)27-22-14-23(30-17-20-12-8-5-9-13-20)26(15-21(22)26)18-29-16-19-10-6-4-7-11-19/h4-13,21-23H,14-18H2,1-3H3,(H,27,28)/t21-,22+,23+,26+/m1/s1. The van der Waals surface area contributed by atoms with E-state index in [9.17, 15) is 4.79 Å². The molecule has 2 aliphatic rings. The Bertz CT molecular complexity index is 864. The van der Waals surface area contributed by atoms with E-state index in [1.165, 1.54) is 5.56 Å². The van der Waals surface area contributed by atoms with Gasteiger partial charge in [-0.1, -0.05) is 60.7 Å². The zero-order valence-electron chi connectivity index (χ0n) is 18.7. The predicted molar refractivity (Wildman–Crippen MR) is 119 cm³/mol. The molecule has 1 N–H and O–H groups in total. The summed E-state index contributed by atoms with van der Waals surface area (Å²) in [6.07, 6.45) is 1.48. The number of carbonyl (C=O) groups is 1. The zero-order valence-corrected chi connectivity index (χ0v) is 18.7. The molecule has 2 fully saturated rings. The molecule has 2 aromatic rings. The molecule has 0 aliphatic heterocycles. The van der Waals surface area contributed by atoms with Crippen molar-refractivity contribution >= 4 is 6.09 Å². The third kappa shape index (κ3) is 5.46. The highest BCUT2D eigenvalue weighted by Crippen LogP contribution is 2.64. The van der Waals surface area contributed by atoms with Gasteiger partial charge < -0.3 is 19.5 Å². The van der Waals surface area contributed by atoms with Gasteiger partial charge in [0.2, 0.25) is 0 Å². The van der Waals surface area contributed by atoms with Gasteiger partial charge in [0.25, 0.3) is 0 Å². The second-order valence-corrected chi connectivity index (χ2v) is 9.80. The van der Waals surface area contributed by atoms with E-state index in [-0.39, 0.29) is 23.7 Å². The van der Waals surface area contributed by atoms with Gasteiger partial charge >= 0.3 is 6.09 Å². The summed E-state index contributed by atoms with van der Waals surface area (Å²) in [6.45, 7) is 7.44. The third-order valence-corrected chi connectivity index (χ3v) is 6.25. The first kappa shape index (κ1) is 21.8. The Labute approximate surface area is 185 Å². The monoisotopic (exact) mass is 423 g/mol. The maximum Gasteiger partial charge on any atom is 0.407 e. The lowest BCUT2D eigenvalue weighted by Gasteiger charge is -2.25. The predicted octanol–water partition coefficient (Wildman–Crippen LogP) is 5.09. The highest BCUT2D eigenvalue weighted by Gasteiger charge is 2.68. The van der Waals surface area contributed by atoms with Gasteiger partial charge in [-0.05, 0) is 50.7 Å². The molecule has 0 aromatic heterocycles. The van der Waals surface area contributed by atoms with Crippen molar-refractivity contribution in [3.8, 4) is 0 Å². The largest absolute Gasteiger partial charge is 0.444 e. The fourth-order valence-electron chi connectivity index (χ4n) is 4.71. The van der Waals surface area contributed by atoms with E-state index < -0.39 is 5.60 Å². The number of hydrogen-bond acceptors (Lipinski definition) is 4. The van der Waals surface area contributed by atoms with Crippen LogP contribution in [0.15, 0.2) is 60.7 Å². The Kier molecular flexibility index (Phi) is 6.35. The van der Waals surface area contributed by atoms with Crippen LogP contribution in [0.3, 0.4) is 0 Å². The lowest BCUT2D eigenvalue weighted by atomic mass is 10.0. The number of carbonyl (C=O) groups excluding carboxylic acids is 1. The first-order valence-corrected chi connectivity index (χ1v) is 11.1. The number of amides is 1. The van der Waals surface area contributed by atoms with Crippen LogP contribution in [0.25, 0.3) is 0 Å². The van der Waals surface area contributed by atoms with Crippen molar-refractivity contribution in [2.24, 2.45) is 11.3 Å². The summed E-state index contributed by atoms with van der Waals surface area (Å²) in [5.41, 5.74) is 1.78. The highest BCUT2D eigenvalue weighted by atomic mass is 16.6. The summed E-state index contributed by atoms with van der Waals surface area (Å²) in [7, 11) is 0. The molecule has 4 rings (SSSR count). The molecule has 166 valence electrons. The quantitative estimate of drug-likeness (QED) is 0.642. The van der Waals surface area contributed by atoms with Crippen molar-refractivity contribution < 1.29 is 19.0 Å². The first-order valence-electron chi connectivity index (χ1n) is 11.1. The molecule has 4 atom stereocenters. The molecule has 1 amide bonds. The van der Waals surface area contributed by atoms with Gasteiger partial charge in [0.05, 0.1) is 25.9 Å². The number of alkyl carbamates (subject to hydrolysis) is 1. The second-order valence-electron chi connectivity index (χ2n) is 9.80. The Morgan fingerprint density at radius 1 is 1.00 bits per heavy atom. The molecule has 2 aliphatic carbocycles. The minimum Gasteiger partial charge on any atom is -0.444 e. The summed E-state index contributed by atoms with van der Waals surface area (Å²) >= 11 is 0. The third-order valence-electron chi connectivity index (χ3n) is 6.25. The van der Waals surface area contributed by atoms with E-state index in [4.69, 9.17) is 14.2 Å². The fraction of sp³-hybridized carbons (Fsp3) is 0.500. The van der Waals surface area contributed by atoms with E-state index in [2.05, 4.69) is 29.6 Å². The first-order chi connectivity index (χ1) is 14.9. The van der Waals surface area contributed by atoms with Crippen molar-refractivity contribution in [2.45, 2.75) is 64.6 Å². The summed E-state index contributed by atoms with van der Waals surface area (Å²) in [5, 5.41) is 3.09. The topological polar surface area (TPSA) is 56.8 Å². The fourth-order valence-corrected chi connectivity index (χ4v) is 4.71. The molecule has 0 bridgehead atoms. The molecule has 0 heterocycles. The average molecular weight is 424 g/mol. The van der Waals surface area contributed by atoms with E-state index in [1.807, 2.05) is 57.2 Å². The van der Waals surface area contributed by atoms with Gasteiger partial charge in [-0.3, -0.25) is 0 Å². The Morgan fingerprint density at radius 2 is 1.61 bits per heavy atom. The highest BCUT2D eigenvalue weighted by molar-refractivity contribution is 5.68. The van der Waals surface area contributed by atoms with Crippen molar-refractivity contribution in [1.29, 1.82) is 0 Å². The molecule has 5 nitrogen and oxygen atoms in total. The zero-order chi connectivity index (χ0) is 21.9. The van der Waals surface area contributed by atoms with Gasteiger partial charge in [-0.15, -0.1) is 0 Å². The average Bonchev–Trinajstić information content (AvgIpc) is 3.39. The Morgan fingerprint density at radius 3 is 2.23 bits per heavy atom. The van der Waals surface area contributed by atoms with Crippen LogP contribution in [-0.2, 0) is 27.4 Å². The van der Waals surface area contributed by atoms with E-state index >= 15 is 0 Å². The summed E-state index contributed by atoms with van der Waals surface area (Å²) in [5.74, 6) is 0.358. The van der Waals surface area contributed by atoms with Crippen LogP contribution >= 0.6 is 0 Å². The molecule has 0 unspecified atom stereocenters. The van der Waals surface area contributed by atoms with Gasteiger partial charge in [0.1, 0.15) is 5.60 Å². The molecular weight excluding hydrogens is 390 g/mol. The van der Waals surface area contributed by atoms with Crippen LogP contribution in [0, 0.1) is 11.3 Å². The molecule has 0 spiro atoms. The number of fused-ring (bicyclic) bond motifs is 1. The number of hydrogen-bond donors (Lipinski definition) is 1. The minimum atomic E-state index is -0.509. The number of benzene rings is 2. The second kappa shape index (κ2) is 9.01. The van der Waals surface area contributed by atoms with Crippen LogP contribution in [0.5, 0.6) is 0 Å². The van der Waals surface area contributed by atoms with Crippen LogP contribution in [-0.4, -0.2) is 30.4 Å². The molecule has 2 saturated carbocycles. The van der Waals surface area contributed by atoms with Crippen molar-refractivity contribution in [2.75, 3.05) is 6.61 Å². The van der Waals surface area contributed by atoms with Crippen molar-refractivity contribution in [3.63, 3.8) is 0 Å². The summed E-state index contributed by atoms with van der Waals surface area (Å²) < 4.78 is 18.0. The molecule has 5 heteroatoms. The lowest BCUT2D eigenvalue weighted by molar-refractivity contribution is -0.0398. The number of ether oxygens (including phenoxy) is 3.